The molecule has 2 rings (SSSR count). The van der Waals surface area contributed by atoms with Gasteiger partial charge in [-0.15, -0.1) is 0 Å². The van der Waals surface area contributed by atoms with Crippen LogP contribution in [0.1, 0.15) is 34.8 Å². The predicted molar refractivity (Wildman–Crippen MR) is 95.3 cm³/mol. The Morgan fingerprint density at radius 3 is 2.48 bits per heavy atom. The Morgan fingerprint density at radius 1 is 1.12 bits per heavy atom. The lowest BCUT2D eigenvalue weighted by Crippen LogP contribution is -2.34. The summed E-state index contributed by atoms with van der Waals surface area (Å²) in [5.41, 5.74) is 2.41. The molecule has 0 aliphatic rings. The molecule has 0 aliphatic carbocycles. The van der Waals surface area contributed by atoms with E-state index in [4.69, 9.17) is 4.74 Å². The smallest absolute Gasteiger partial charge is 0.338 e. The molecule has 1 N–H and O–H groups in total. The number of phenolic OH excluding ortho intramolecular Hbond substituents is 1. The van der Waals surface area contributed by atoms with Crippen molar-refractivity contribution in [3.8, 4) is 5.75 Å². The number of benzene rings is 2. The van der Waals surface area contributed by atoms with Gasteiger partial charge in [0, 0.05) is 13.1 Å². The number of esters is 1. The van der Waals surface area contributed by atoms with Crippen LogP contribution in [0, 0.1) is 6.92 Å². The fourth-order valence-corrected chi connectivity index (χ4v) is 2.41. The quantitative estimate of drug-likeness (QED) is 0.785. The van der Waals surface area contributed by atoms with Gasteiger partial charge in [-0.3, -0.25) is 4.79 Å². The maximum Gasteiger partial charge on any atom is 0.338 e. The van der Waals surface area contributed by atoms with Gasteiger partial charge in [-0.2, -0.15) is 0 Å². The summed E-state index contributed by atoms with van der Waals surface area (Å²) in [7, 11) is 0. The average molecular weight is 341 g/mol. The third-order valence-electron chi connectivity index (χ3n) is 3.75. The number of phenols is 1. The van der Waals surface area contributed by atoms with E-state index in [2.05, 4.69) is 0 Å². The maximum atomic E-state index is 12.4. The van der Waals surface area contributed by atoms with Gasteiger partial charge in [0.1, 0.15) is 5.75 Å². The third-order valence-corrected chi connectivity index (χ3v) is 3.75. The van der Waals surface area contributed by atoms with Crippen LogP contribution in [0.4, 0.5) is 0 Å². The first-order chi connectivity index (χ1) is 12.0. The molecule has 0 unspecified atom stereocenters. The number of carbonyl (C=O) groups is 2. The number of hydrogen-bond acceptors (Lipinski definition) is 4. The van der Waals surface area contributed by atoms with Gasteiger partial charge >= 0.3 is 5.97 Å². The molecule has 0 aromatic heterocycles. The van der Waals surface area contributed by atoms with Crippen molar-refractivity contribution in [1.82, 2.24) is 4.90 Å². The van der Waals surface area contributed by atoms with Crippen LogP contribution in [0.5, 0.6) is 5.75 Å². The molecule has 0 bridgehead atoms. The van der Waals surface area contributed by atoms with Gasteiger partial charge in [0.25, 0.3) is 5.91 Å². The highest BCUT2D eigenvalue weighted by molar-refractivity contribution is 5.91. The number of ether oxygens (including phenoxy) is 1. The largest absolute Gasteiger partial charge is 0.508 e. The van der Waals surface area contributed by atoms with E-state index in [0.717, 1.165) is 17.5 Å². The predicted octanol–water partition coefficient (Wildman–Crippen LogP) is 3.30. The third kappa shape index (κ3) is 5.64. The van der Waals surface area contributed by atoms with Crippen LogP contribution in [0.3, 0.4) is 0 Å². The van der Waals surface area contributed by atoms with Crippen LogP contribution in [0.2, 0.25) is 0 Å². The molecule has 25 heavy (non-hydrogen) atoms. The number of rotatable bonds is 7. The van der Waals surface area contributed by atoms with Gasteiger partial charge in [-0.05, 0) is 37.1 Å². The minimum atomic E-state index is -0.629. The van der Waals surface area contributed by atoms with E-state index < -0.39 is 5.97 Å². The number of amides is 1. The normalized spacial score (nSPS) is 10.3. The number of aryl methyl sites for hydroxylation is 1. The number of aromatic hydroxyl groups is 1. The first kappa shape index (κ1) is 18.5. The average Bonchev–Trinajstić information content (AvgIpc) is 2.60. The first-order valence-corrected chi connectivity index (χ1v) is 8.29. The van der Waals surface area contributed by atoms with Crippen molar-refractivity contribution in [1.29, 1.82) is 0 Å². The monoisotopic (exact) mass is 341 g/mol. The van der Waals surface area contributed by atoms with Crippen molar-refractivity contribution >= 4 is 11.9 Å². The molecule has 0 heterocycles. The van der Waals surface area contributed by atoms with E-state index in [1.165, 1.54) is 18.2 Å². The fraction of sp³-hybridized carbons (Fsp3) is 0.300. The molecular weight excluding hydrogens is 318 g/mol. The zero-order valence-electron chi connectivity index (χ0n) is 14.6. The van der Waals surface area contributed by atoms with Gasteiger partial charge in [0.05, 0.1) is 5.56 Å². The van der Waals surface area contributed by atoms with Gasteiger partial charge in [-0.25, -0.2) is 4.79 Å². The van der Waals surface area contributed by atoms with E-state index in [1.807, 2.05) is 38.1 Å². The van der Waals surface area contributed by atoms with E-state index in [1.54, 1.807) is 11.0 Å². The SMILES string of the molecule is CCCN(Cc1ccc(C)cc1)C(=O)COC(=O)c1cccc(O)c1. The Labute approximate surface area is 147 Å². The Kier molecular flexibility index (Phi) is 6.57. The summed E-state index contributed by atoms with van der Waals surface area (Å²) >= 11 is 0. The molecule has 0 saturated carbocycles. The Bertz CT molecular complexity index is 725. The topological polar surface area (TPSA) is 66.8 Å². The second kappa shape index (κ2) is 8.87. The summed E-state index contributed by atoms with van der Waals surface area (Å²) in [5.74, 6) is -0.889. The van der Waals surface area contributed by atoms with Crippen LogP contribution in [0.15, 0.2) is 48.5 Å². The molecule has 0 spiro atoms. The standard InChI is InChI=1S/C20H23NO4/c1-3-11-21(13-16-9-7-15(2)8-10-16)19(23)14-25-20(24)17-5-4-6-18(22)12-17/h4-10,12,22H,3,11,13-14H2,1-2H3. The lowest BCUT2D eigenvalue weighted by atomic mass is 10.1. The van der Waals surface area contributed by atoms with E-state index in [0.29, 0.717) is 13.1 Å². The zero-order chi connectivity index (χ0) is 18.2. The summed E-state index contributed by atoms with van der Waals surface area (Å²) in [6.07, 6.45) is 0.818. The number of carbonyl (C=O) groups excluding carboxylic acids is 2. The minimum absolute atomic E-state index is 0.0206. The molecule has 0 saturated heterocycles. The zero-order valence-corrected chi connectivity index (χ0v) is 14.6. The highest BCUT2D eigenvalue weighted by Gasteiger charge is 2.16. The van der Waals surface area contributed by atoms with Crippen LogP contribution in [-0.4, -0.2) is 35.0 Å². The van der Waals surface area contributed by atoms with Crippen molar-refractivity contribution < 1.29 is 19.4 Å². The summed E-state index contributed by atoms with van der Waals surface area (Å²) < 4.78 is 5.09. The number of nitrogens with zero attached hydrogens (tertiary/aromatic N) is 1. The molecule has 2 aromatic carbocycles. The molecule has 0 radical (unpaired) electrons. The van der Waals surface area contributed by atoms with Gasteiger partial charge in [0.2, 0.25) is 0 Å². The van der Waals surface area contributed by atoms with Gasteiger partial charge < -0.3 is 14.7 Å². The molecule has 5 heteroatoms. The number of hydrogen-bond donors (Lipinski definition) is 1. The van der Waals surface area contributed by atoms with Crippen LogP contribution in [0.25, 0.3) is 0 Å². The fourth-order valence-electron chi connectivity index (χ4n) is 2.41. The second-order valence-electron chi connectivity index (χ2n) is 5.93. The molecule has 132 valence electrons. The van der Waals surface area contributed by atoms with Crippen molar-refractivity contribution in [3.05, 3.63) is 65.2 Å². The van der Waals surface area contributed by atoms with E-state index >= 15 is 0 Å². The van der Waals surface area contributed by atoms with Crippen LogP contribution < -0.4 is 0 Å². The van der Waals surface area contributed by atoms with E-state index in [-0.39, 0.29) is 23.8 Å². The van der Waals surface area contributed by atoms with Crippen molar-refractivity contribution in [2.75, 3.05) is 13.2 Å². The highest BCUT2D eigenvalue weighted by Crippen LogP contribution is 2.12. The van der Waals surface area contributed by atoms with Gasteiger partial charge in [-0.1, -0.05) is 42.8 Å². The highest BCUT2D eigenvalue weighted by atomic mass is 16.5. The Hall–Kier alpha value is -2.82. The summed E-state index contributed by atoms with van der Waals surface area (Å²) in [6, 6.07) is 13.8. The second-order valence-corrected chi connectivity index (χ2v) is 5.93. The lowest BCUT2D eigenvalue weighted by Gasteiger charge is -2.22. The first-order valence-electron chi connectivity index (χ1n) is 8.29. The summed E-state index contributed by atoms with van der Waals surface area (Å²) in [4.78, 5) is 26.1. The Morgan fingerprint density at radius 2 is 1.84 bits per heavy atom. The van der Waals surface area contributed by atoms with Crippen molar-refractivity contribution in [3.63, 3.8) is 0 Å². The molecule has 5 nitrogen and oxygen atoms in total. The summed E-state index contributed by atoms with van der Waals surface area (Å²) in [5, 5.41) is 9.40. The molecule has 1 amide bonds. The van der Waals surface area contributed by atoms with E-state index in [9.17, 15) is 14.7 Å². The van der Waals surface area contributed by atoms with Crippen molar-refractivity contribution in [2.24, 2.45) is 0 Å². The minimum Gasteiger partial charge on any atom is -0.508 e. The lowest BCUT2D eigenvalue weighted by molar-refractivity contribution is -0.135. The summed E-state index contributed by atoms with van der Waals surface area (Å²) in [6.45, 7) is 4.76. The van der Waals surface area contributed by atoms with Crippen LogP contribution in [-0.2, 0) is 16.1 Å². The maximum absolute atomic E-state index is 12.4. The molecule has 0 fully saturated rings. The molecular formula is C20H23NO4. The van der Waals surface area contributed by atoms with Gasteiger partial charge in [0.15, 0.2) is 6.61 Å². The molecule has 0 aliphatic heterocycles. The Balaban J connectivity index is 1.95. The molecule has 0 atom stereocenters. The van der Waals surface area contributed by atoms with Crippen molar-refractivity contribution in [2.45, 2.75) is 26.8 Å². The molecule has 2 aromatic rings. The van der Waals surface area contributed by atoms with Crippen LogP contribution >= 0.6 is 0 Å².